The molecule has 120 valence electrons. The summed E-state index contributed by atoms with van der Waals surface area (Å²) in [4.78, 5) is 2.31. The van der Waals surface area contributed by atoms with Crippen molar-refractivity contribution in [2.45, 2.75) is 52.6 Å². The lowest BCUT2D eigenvalue weighted by molar-refractivity contribution is 0.296. The molecule has 0 radical (unpaired) electrons. The van der Waals surface area contributed by atoms with Crippen molar-refractivity contribution in [3.63, 3.8) is 0 Å². The smallest absolute Gasteiger partial charge is 0.0606 e. The maximum absolute atomic E-state index is 9.36. The van der Waals surface area contributed by atoms with Crippen LogP contribution < -0.4 is 10.2 Å². The van der Waals surface area contributed by atoms with Gasteiger partial charge in [-0.1, -0.05) is 42.8 Å². The summed E-state index contributed by atoms with van der Waals surface area (Å²) in [5, 5.41) is 12.8. The molecule has 0 aliphatic rings. The van der Waals surface area contributed by atoms with E-state index < -0.39 is 0 Å². The molecule has 0 aromatic heterocycles. The van der Waals surface area contributed by atoms with Crippen molar-refractivity contribution >= 4 is 21.6 Å². The Kier molecular flexibility index (Phi) is 8.30. The largest absolute Gasteiger partial charge is 0.395 e. The zero-order valence-electron chi connectivity index (χ0n) is 13.7. The molecule has 1 aromatic rings. The minimum Gasteiger partial charge on any atom is -0.395 e. The van der Waals surface area contributed by atoms with E-state index in [4.69, 9.17) is 0 Å². The molecule has 1 aromatic carbocycles. The highest BCUT2D eigenvalue weighted by Crippen LogP contribution is 2.30. The van der Waals surface area contributed by atoms with Crippen LogP contribution in [0.3, 0.4) is 0 Å². The van der Waals surface area contributed by atoms with Crippen molar-refractivity contribution < 1.29 is 5.11 Å². The van der Waals surface area contributed by atoms with E-state index in [1.165, 1.54) is 11.3 Å². The number of nitrogens with zero attached hydrogens (tertiary/aromatic N) is 1. The number of benzene rings is 1. The van der Waals surface area contributed by atoms with Crippen LogP contribution in [0.2, 0.25) is 0 Å². The van der Waals surface area contributed by atoms with Gasteiger partial charge < -0.3 is 15.3 Å². The van der Waals surface area contributed by atoms with Gasteiger partial charge in [-0.2, -0.15) is 0 Å². The van der Waals surface area contributed by atoms with Crippen LogP contribution >= 0.6 is 15.9 Å². The molecule has 0 spiro atoms. The molecule has 2 N–H and O–H groups in total. The van der Waals surface area contributed by atoms with Gasteiger partial charge in [0.2, 0.25) is 0 Å². The molecular formula is C17H29BrN2O. The van der Waals surface area contributed by atoms with Crippen molar-refractivity contribution in [1.29, 1.82) is 0 Å². The number of rotatable bonds is 9. The van der Waals surface area contributed by atoms with E-state index in [2.05, 4.69) is 72.0 Å². The van der Waals surface area contributed by atoms with E-state index in [0.717, 1.165) is 23.9 Å². The molecule has 21 heavy (non-hydrogen) atoms. The topological polar surface area (TPSA) is 35.5 Å². The highest BCUT2D eigenvalue weighted by molar-refractivity contribution is 9.10. The highest BCUT2D eigenvalue weighted by atomic mass is 79.9. The highest BCUT2D eigenvalue weighted by Gasteiger charge is 2.17. The van der Waals surface area contributed by atoms with Crippen molar-refractivity contribution in [2.75, 3.05) is 24.6 Å². The minimum atomic E-state index is 0.184. The third-order valence-corrected chi connectivity index (χ3v) is 4.70. The van der Waals surface area contributed by atoms with E-state index in [9.17, 15) is 5.11 Å². The Bertz CT molecular complexity index is 421. The number of aliphatic hydroxyl groups is 1. The van der Waals surface area contributed by atoms with Crippen LogP contribution in [0.5, 0.6) is 0 Å². The Balaban J connectivity index is 3.03. The van der Waals surface area contributed by atoms with Crippen LogP contribution in [0.25, 0.3) is 0 Å². The molecule has 0 heterocycles. The molecule has 0 aliphatic carbocycles. The monoisotopic (exact) mass is 356 g/mol. The molecule has 1 atom stereocenters. The Hall–Kier alpha value is -0.580. The Morgan fingerprint density at radius 2 is 1.90 bits per heavy atom. The summed E-state index contributed by atoms with van der Waals surface area (Å²) in [6.45, 7) is 10.5. The quantitative estimate of drug-likeness (QED) is 0.698. The molecule has 0 amide bonds. The molecule has 1 unspecified atom stereocenters. The summed E-state index contributed by atoms with van der Waals surface area (Å²) in [5.41, 5.74) is 2.45. The minimum absolute atomic E-state index is 0.184. The van der Waals surface area contributed by atoms with Crippen molar-refractivity contribution in [3.8, 4) is 0 Å². The average Bonchev–Trinajstić information content (AvgIpc) is 2.47. The second-order valence-corrected chi connectivity index (χ2v) is 6.23. The number of anilines is 1. The van der Waals surface area contributed by atoms with Crippen LogP contribution in [-0.4, -0.2) is 30.8 Å². The van der Waals surface area contributed by atoms with E-state index in [1.807, 2.05) is 0 Å². The third-order valence-electron chi connectivity index (χ3n) is 4.02. The van der Waals surface area contributed by atoms with E-state index >= 15 is 0 Å². The van der Waals surface area contributed by atoms with Gasteiger partial charge in [0.15, 0.2) is 0 Å². The lowest BCUT2D eigenvalue weighted by Crippen LogP contribution is -2.36. The van der Waals surface area contributed by atoms with Gasteiger partial charge in [0.05, 0.1) is 6.61 Å². The molecule has 3 nitrogen and oxygen atoms in total. The lowest BCUT2D eigenvalue weighted by atomic mass is 10.1. The zero-order chi connectivity index (χ0) is 15.8. The molecule has 0 saturated heterocycles. The van der Waals surface area contributed by atoms with Crippen molar-refractivity contribution in [3.05, 3.63) is 28.2 Å². The van der Waals surface area contributed by atoms with Crippen LogP contribution in [0.15, 0.2) is 22.7 Å². The SMILES string of the molecule is CCNC(C)c1ccc(N(CCO)C(CC)CC)cc1Br. The molecule has 4 heteroatoms. The first-order chi connectivity index (χ1) is 10.1. The average molecular weight is 357 g/mol. The van der Waals surface area contributed by atoms with E-state index in [-0.39, 0.29) is 6.61 Å². The van der Waals surface area contributed by atoms with Crippen LogP contribution in [0.1, 0.15) is 52.1 Å². The molecule has 0 saturated carbocycles. The molecule has 0 aliphatic heterocycles. The molecule has 0 fully saturated rings. The van der Waals surface area contributed by atoms with E-state index in [1.54, 1.807) is 0 Å². The zero-order valence-corrected chi connectivity index (χ0v) is 15.3. The predicted molar refractivity (Wildman–Crippen MR) is 95.0 cm³/mol. The van der Waals surface area contributed by atoms with Gasteiger partial charge >= 0.3 is 0 Å². The number of halogens is 1. The fourth-order valence-corrected chi connectivity index (χ4v) is 3.53. The van der Waals surface area contributed by atoms with Crippen LogP contribution in [0.4, 0.5) is 5.69 Å². The van der Waals surface area contributed by atoms with Gasteiger partial charge in [0.25, 0.3) is 0 Å². The number of hydrogen-bond acceptors (Lipinski definition) is 3. The molecular weight excluding hydrogens is 328 g/mol. The van der Waals surface area contributed by atoms with Crippen molar-refractivity contribution in [1.82, 2.24) is 5.32 Å². The summed E-state index contributed by atoms with van der Waals surface area (Å²) in [6, 6.07) is 7.33. The first-order valence-electron chi connectivity index (χ1n) is 7.99. The third kappa shape index (κ3) is 4.97. The summed E-state index contributed by atoms with van der Waals surface area (Å²) >= 11 is 3.70. The molecule has 0 bridgehead atoms. The fraction of sp³-hybridized carbons (Fsp3) is 0.647. The van der Waals surface area contributed by atoms with Gasteiger partial charge in [0.1, 0.15) is 0 Å². The maximum Gasteiger partial charge on any atom is 0.0606 e. The predicted octanol–water partition coefficient (Wildman–Crippen LogP) is 4.11. The van der Waals surface area contributed by atoms with Gasteiger partial charge in [-0.15, -0.1) is 0 Å². The summed E-state index contributed by atoms with van der Waals surface area (Å²) in [7, 11) is 0. The first kappa shape index (κ1) is 18.5. The number of hydrogen-bond donors (Lipinski definition) is 2. The Labute approximate surface area is 137 Å². The molecule has 1 rings (SSSR count). The van der Waals surface area contributed by atoms with Crippen LogP contribution in [0, 0.1) is 0 Å². The van der Waals surface area contributed by atoms with Crippen molar-refractivity contribution in [2.24, 2.45) is 0 Å². The fourth-order valence-electron chi connectivity index (χ4n) is 2.82. The maximum atomic E-state index is 9.36. The summed E-state index contributed by atoms with van der Waals surface area (Å²) < 4.78 is 1.13. The number of nitrogens with one attached hydrogen (secondary N) is 1. The summed E-state index contributed by atoms with van der Waals surface area (Å²) in [6.07, 6.45) is 2.17. The van der Waals surface area contributed by atoms with Gasteiger partial charge in [0, 0.05) is 28.8 Å². The lowest BCUT2D eigenvalue weighted by Gasteiger charge is -2.32. The van der Waals surface area contributed by atoms with Gasteiger partial charge in [-0.05, 0) is 44.0 Å². The van der Waals surface area contributed by atoms with E-state index in [0.29, 0.717) is 18.6 Å². The number of aliphatic hydroxyl groups excluding tert-OH is 1. The second kappa shape index (κ2) is 9.44. The Morgan fingerprint density at radius 1 is 1.24 bits per heavy atom. The van der Waals surface area contributed by atoms with Gasteiger partial charge in [-0.3, -0.25) is 0 Å². The van der Waals surface area contributed by atoms with Gasteiger partial charge in [-0.25, -0.2) is 0 Å². The normalized spacial score (nSPS) is 12.7. The van der Waals surface area contributed by atoms with Crippen LogP contribution in [-0.2, 0) is 0 Å². The summed E-state index contributed by atoms with van der Waals surface area (Å²) in [5.74, 6) is 0. The standard InChI is InChI=1S/C17H29BrN2O/c1-5-14(6-2)20(10-11-21)15-8-9-16(17(18)12-15)13(4)19-7-3/h8-9,12-14,19,21H,5-7,10-11H2,1-4H3. The second-order valence-electron chi connectivity index (χ2n) is 5.37. The first-order valence-corrected chi connectivity index (χ1v) is 8.78. The Morgan fingerprint density at radius 3 is 2.38 bits per heavy atom.